The average Bonchev–Trinajstić information content (AvgIpc) is 2.74. The van der Waals surface area contributed by atoms with Gasteiger partial charge in [0.2, 0.25) is 0 Å². The molecule has 0 bridgehead atoms. The molecule has 3 nitrogen and oxygen atoms in total. The van der Waals surface area contributed by atoms with Crippen molar-refractivity contribution in [3.8, 4) is 0 Å². The van der Waals surface area contributed by atoms with E-state index in [1.807, 2.05) is 36.4 Å². The highest BCUT2D eigenvalue weighted by atomic mass is 79.9. The lowest BCUT2D eigenvalue weighted by Crippen LogP contribution is -2.19. The molecule has 100 valence electrons. The summed E-state index contributed by atoms with van der Waals surface area (Å²) in [5.74, 6) is -0.894. The van der Waals surface area contributed by atoms with Crippen LogP contribution in [0.15, 0.2) is 34.1 Å². The molecule has 1 N–H and O–H groups in total. The number of carboxylic acids is 1. The summed E-state index contributed by atoms with van der Waals surface area (Å²) in [5, 5.41) is 11.3. The highest BCUT2D eigenvalue weighted by Gasteiger charge is 2.14. The first-order valence-corrected chi connectivity index (χ1v) is 7.42. The molecule has 0 fully saturated rings. The maximum absolute atomic E-state index is 11.3. The van der Waals surface area contributed by atoms with Gasteiger partial charge in [-0.25, -0.2) is 4.79 Å². The molecule has 2 aromatic rings. The second-order valence-electron chi connectivity index (χ2n) is 4.41. The Hall–Kier alpha value is -1.33. The number of anilines is 1. The van der Waals surface area contributed by atoms with Crippen molar-refractivity contribution in [2.75, 3.05) is 11.9 Å². The fourth-order valence-electron chi connectivity index (χ4n) is 1.89. The summed E-state index contributed by atoms with van der Waals surface area (Å²) in [4.78, 5) is 14.4. The standard InChI is InChI=1S/C14H14BrNO2S/c1-9-3-4-12(14(17)18)13(5-9)16(2)7-11-6-10(15)8-19-11/h3-6,8H,7H2,1-2H3,(H,17,18). The van der Waals surface area contributed by atoms with E-state index in [-0.39, 0.29) is 0 Å². The number of carboxylic acid groups (broad SMARTS) is 1. The van der Waals surface area contributed by atoms with Crippen molar-refractivity contribution in [1.29, 1.82) is 0 Å². The number of rotatable bonds is 4. The van der Waals surface area contributed by atoms with Crippen LogP contribution >= 0.6 is 27.3 Å². The first-order chi connectivity index (χ1) is 8.97. The quantitative estimate of drug-likeness (QED) is 0.909. The Bertz CT molecular complexity index is 609. The van der Waals surface area contributed by atoms with E-state index in [9.17, 15) is 9.90 Å². The van der Waals surface area contributed by atoms with Crippen molar-refractivity contribution < 1.29 is 9.90 Å². The Morgan fingerprint density at radius 3 is 2.74 bits per heavy atom. The lowest BCUT2D eigenvalue weighted by Gasteiger charge is -2.21. The van der Waals surface area contributed by atoms with Crippen molar-refractivity contribution in [1.82, 2.24) is 0 Å². The number of hydrogen-bond acceptors (Lipinski definition) is 3. The average molecular weight is 340 g/mol. The predicted molar refractivity (Wildman–Crippen MR) is 82.3 cm³/mol. The maximum Gasteiger partial charge on any atom is 0.337 e. The number of aryl methyl sites for hydroxylation is 1. The number of halogens is 1. The second kappa shape index (κ2) is 5.75. The van der Waals surface area contributed by atoms with Crippen LogP contribution in [0.2, 0.25) is 0 Å². The highest BCUT2D eigenvalue weighted by molar-refractivity contribution is 9.10. The summed E-state index contributed by atoms with van der Waals surface area (Å²) in [5.41, 5.74) is 2.14. The molecule has 0 aliphatic carbocycles. The topological polar surface area (TPSA) is 40.5 Å². The molecule has 0 unspecified atom stereocenters. The molecule has 0 atom stereocenters. The Kier molecular flexibility index (Phi) is 4.27. The number of carbonyl (C=O) groups is 1. The fraction of sp³-hybridized carbons (Fsp3) is 0.214. The molecule has 19 heavy (non-hydrogen) atoms. The first-order valence-electron chi connectivity index (χ1n) is 5.75. The summed E-state index contributed by atoms with van der Waals surface area (Å²) in [7, 11) is 1.91. The van der Waals surface area contributed by atoms with Gasteiger partial charge < -0.3 is 10.0 Å². The van der Waals surface area contributed by atoms with Crippen LogP contribution in [0.25, 0.3) is 0 Å². The van der Waals surface area contributed by atoms with Gasteiger partial charge in [-0.2, -0.15) is 0 Å². The number of hydrogen-bond donors (Lipinski definition) is 1. The smallest absolute Gasteiger partial charge is 0.337 e. The third kappa shape index (κ3) is 3.36. The minimum absolute atomic E-state index is 0.337. The molecule has 0 saturated heterocycles. The lowest BCUT2D eigenvalue weighted by molar-refractivity contribution is 0.0697. The summed E-state index contributed by atoms with van der Waals surface area (Å²) in [6, 6.07) is 7.44. The van der Waals surface area contributed by atoms with Gasteiger partial charge in [0.25, 0.3) is 0 Å². The molecular weight excluding hydrogens is 326 g/mol. The Labute approximate surface area is 124 Å². The monoisotopic (exact) mass is 339 g/mol. The zero-order chi connectivity index (χ0) is 14.0. The number of thiophene rings is 1. The van der Waals surface area contributed by atoms with Crippen LogP contribution in [-0.2, 0) is 6.54 Å². The second-order valence-corrected chi connectivity index (χ2v) is 6.32. The largest absolute Gasteiger partial charge is 0.478 e. The minimum Gasteiger partial charge on any atom is -0.478 e. The van der Waals surface area contributed by atoms with Crippen molar-refractivity contribution >= 4 is 38.9 Å². The molecule has 5 heteroatoms. The van der Waals surface area contributed by atoms with Gasteiger partial charge in [0, 0.05) is 21.8 Å². The van der Waals surface area contributed by atoms with E-state index in [0.717, 1.165) is 15.7 Å². The van der Waals surface area contributed by atoms with Crippen LogP contribution in [0, 0.1) is 6.92 Å². The zero-order valence-electron chi connectivity index (χ0n) is 10.7. The SMILES string of the molecule is Cc1ccc(C(=O)O)c(N(C)Cc2cc(Br)cs2)c1. The van der Waals surface area contributed by atoms with Crippen molar-refractivity contribution in [2.24, 2.45) is 0 Å². The van der Waals surface area contributed by atoms with E-state index in [2.05, 4.69) is 22.0 Å². The van der Waals surface area contributed by atoms with Crippen molar-refractivity contribution in [3.63, 3.8) is 0 Å². The van der Waals surface area contributed by atoms with Gasteiger partial charge in [-0.15, -0.1) is 11.3 Å². The van der Waals surface area contributed by atoms with Crippen LogP contribution < -0.4 is 4.90 Å². The van der Waals surface area contributed by atoms with Crippen LogP contribution in [0.5, 0.6) is 0 Å². The first kappa shape index (κ1) is 14.1. The van der Waals surface area contributed by atoms with Crippen LogP contribution in [0.1, 0.15) is 20.8 Å². The van der Waals surface area contributed by atoms with Gasteiger partial charge in [-0.1, -0.05) is 6.07 Å². The van der Waals surface area contributed by atoms with Gasteiger partial charge in [0.1, 0.15) is 0 Å². The van der Waals surface area contributed by atoms with Crippen LogP contribution in [0.3, 0.4) is 0 Å². The van der Waals surface area contributed by atoms with E-state index in [1.165, 1.54) is 4.88 Å². The molecule has 0 aliphatic heterocycles. The molecule has 0 radical (unpaired) electrons. The number of nitrogens with zero attached hydrogens (tertiary/aromatic N) is 1. The third-order valence-corrected chi connectivity index (χ3v) is 4.49. The van der Waals surface area contributed by atoms with E-state index in [0.29, 0.717) is 12.1 Å². The molecule has 1 heterocycles. The molecule has 1 aromatic carbocycles. The molecule has 0 amide bonds. The Morgan fingerprint density at radius 2 is 2.16 bits per heavy atom. The van der Waals surface area contributed by atoms with Gasteiger partial charge in [-0.05, 0) is 46.6 Å². The van der Waals surface area contributed by atoms with E-state index in [1.54, 1.807) is 17.4 Å². The van der Waals surface area contributed by atoms with Gasteiger partial charge >= 0.3 is 5.97 Å². The summed E-state index contributed by atoms with van der Waals surface area (Å²) >= 11 is 5.08. The zero-order valence-corrected chi connectivity index (χ0v) is 13.1. The number of benzene rings is 1. The lowest BCUT2D eigenvalue weighted by atomic mass is 10.1. The fourth-order valence-corrected chi connectivity index (χ4v) is 3.40. The van der Waals surface area contributed by atoms with E-state index < -0.39 is 5.97 Å². The van der Waals surface area contributed by atoms with Gasteiger partial charge in [0.05, 0.1) is 17.8 Å². The maximum atomic E-state index is 11.3. The third-order valence-electron chi connectivity index (χ3n) is 2.81. The molecule has 0 saturated carbocycles. The normalized spacial score (nSPS) is 10.5. The molecule has 0 aliphatic rings. The van der Waals surface area contributed by atoms with Crippen molar-refractivity contribution in [3.05, 3.63) is 50.1 Å². The Morgan fingerprint density at radius 1 is 1.42 bits per heavy atom. The number of aromatic carboxylic acids is 1. The van der Waals surface area contributed by atoms with Gasteiger partial charge in [0.15, 0.2) is 0 Å². The van der Waals surface area contributed by atoms with Gasteiger partial charge in [-0.3, -0.25) is 0 Å². The highest BCUT2D eigenvalue weighted by Crippen LogP contribution is 2.26. The summed E-state index contributed by atoms with van der Waals surface area (Å²) in [6.07, 6.45) is 0. The molecule has 2 rings (SSSR count). The van der Waals surface area contributed by atoms with E-state index in [4.69, 9.17) is 0 Å². The van der Waals surface area contributed by atoms with Crippen molar-refractivity contribution in [2.45, 2.75) is 13.5 Å². The van der Waals surface area contributed by atoms with Crippen LogP contribution in [-0.4, -0.2) is 18.1 Å². The summed E-state index contributed by atoms with van der Waals surface area (Å²) < 4.78 is 1.06. The minimum atomic E-state index is -0.894. The molecule has 1 aromatic heterocycles. The van der Waals surface area contributed by atoms with E-state index >= 15 is 0 Å². The van der Waals surface area contributed by atoms with Crippen LogP contribution in [0.4, 0.5) is 5.69 Å². The molecule has 0 spiro atoms. The summed E-state index contributed by atoms with van der Waals surface area (Å²) in [6.45, 7) is 2.66. The predicted octanol–water partition coefficient (Wildman–Crippen LogP) is 4.15. The Balaban J connectivity index is 2.29. The molecular formula is C14H14BrNO2S.